The van der Waals surface area contributed by atoms with Crippen LogP contribution in [0.1, 0.15) is 30.5 Å². The van der Waals surface area contributed by atoms with Gasteiger partial charge in [0.1, 0.15) is 0 Å². The van der Waals surface area contributed by atoms with Gasteiger partial charge in [-0.2, -0.15) is 5.10 Å². The molecule has 25 heavy (non-hydrogen) atoms. The molecule has 0 radical (unpaired) electrons. The number of halogens is 1. The Morgan fingerprint density at radius 3 is 1.92 bits per heavy atom. The first-order valence-corrected chi connectivity index (χ1v) is 10.1. The Labute approximate surface area is 153 Å². The van der Waals surface area contributed by atoms with Crippen molar-refractivity contribution in [2.45, 2.75) is 20.0 Å². The smallest absolute Gasteiger partial charge is 0.323 e. The van der Waals surface area contributed by atoms with E-state index in [1.165, 1.54) is 0 Å². The summed E-state index contributed by atoms with van der Waals surface area (Å²) in [7, 11) is -3.12. The maximum absolute atomic E-state index is 12.6. The first-order chi connectivity index (χ1) is 12.0. The van der Waals surface area contributed by atoms with Crippen LogP contribution in [0.25, 0.3) is 0 Å². The summed E-state index contributed by atoms with van der Waals surface area (Å²) in [6, 6.07) is 14.8. The second-order valence-corrected chi connectivity index (χ2v) is 7.78. The fourth-order valence-electron chi connectivity index (χ4n) is 2.44. The van der Waals surface area contributed by atoms with Crippen molar-refractivity contribution in [2.24, 2.45) is 10.9 Å². The molecule has 134 valence electrons. The third-order valence-electron chi connectivity index (χ3n) is 3.50. The number of benzene rings is 2. The Hall–Kier alpha value is -1.65. The van der Waals surface area contributed by atoms with Gasteiger partial charge >= 0.3 is 7.60 Å². The molecule has 0 aliphatic carbocycles. The highest BCUT2D eigenvalue weighted by Crippen LogP contribution is 2.51. The lowest BCUT2D eigenvalue weighted by molar-refractivity contribution is 0.219. The van der Waals surface area contributed by atoms with Crippen LogP contribution in [-0.2, 0) is 19.8 Å². The van der Waals surface area contributed by atoms with E-state index in [0.717, 1.165) is 16.7 Å². The molecule has 0 aliphatic heterocycles. The minimum Gasteiger partial charge on any atom is -0.323 e. The van der Waals surface area contributed by atoms with Gasteiger partial charge in [-0.1, -0.05) is 48.0 Å². The van der Waals surface area contributed by atoms with Crippen molar-refractivity contribution < 1.29 is 13.6 Å². The molecule has 0 spiro atoms. The SMILES string of the molecule is CCOP(=O)(Cc1ccc(C(=NN)c2ccc(Cl)cc2)cc1)OCC. The van der Waals surface area contributed by atoms with Gasteiger partial charge in [0.25, 0.3) is 0 Å². The van der Waals surface area contributed by atoms with Crippen LogP contribution < -0.4 is 5.84 Å². The molecule has 0 aromatic heterocycles. The largest absolute Gasteiger partial charge is 0.335 e. The zero-order valence-corrected chi connectivity index (χ0v) is 16.0. The molecule has 5 nitrogen and oxygen atoms in total. The average molecular weight is 381 g/mol. The third-order valence-corrected chi connectivity index (χ3v) is 5.81. The monoisotopic (exact) mass is 380 g/mol. The summed E-state index contributed by atoms with van der Waals surface area (Å²) < 4.78 is 23.3. The highest BCUT2D eigenvalue weighted by molar-refractivity contribution is 7.53. The molecule has 0 amide bonds. The molecule has 2 aromatic carbocycles. The van der Waals surface area contributed by atoms with Gasteiger partial charge in [-0.3, -0.25) is 4.57 Å². The second-order valence-electron chi connectivity index (χ2n) is 5.29. The first-order valence-electron chi connectivity index (χ1n) is 8.02. The number of hydrogen-bond acceptors (Lipinski definition) is 5. The lowest BCUT2D eigenvalue weighted by Gasteiger charge is -2.17. The summed E-state index contributed by atoms with van der Waals surface area (Å²) in [5.41, 5.74) is 3.24. The molecule has 2 rings (SSSR count). The molecule has 0 aliphatic rings. The van der Waals surface area contributed by atoms with Gasteiger partial charge in [-0.25, -0.2) is 0 Å². The third kappa shape index (κ3) is 5.41. The normalized spacial score (nSPS) is 12.4. The molecular weight excluding hydrogens is 359 g/mol. The van der Waals surface area contributed by atoms with Crippen LogP contribution in [0.3, 0.4) is 0 Å². The fourth-order valence-corrected chi connectivity index (χ4v) is 4.26. The van der Waals surface area contributed by atoms with E-state index in [9.17, 15) is 4.57 Å². The lowest BCUT2D eigenvalue weighted by Crippen LogP contribution is -2.06. The number of nitrogens with zero attached hydrogens (tertiary/aromatic N) is 1. The fraction of sp³-hybridized carbons (Fsp3) is 0.278. The quantitative estimate of drug-likeness (QED) is 0.308. The van der Waals surface area contributed by atoms with Crippen LogP contribution >= 0.6 is 19.2 Å². The van der Waals surface area contributed by atoms with Crippen LogP contribution in [0.4, 0.5) is 0 Å². The molecule has 0 atom stereocenters. The van der Waals surface area contributed by atoms with Crippen LogP contribution in [0.15, 0.2) is 53.6 Å². The Balaban J connectivity index is 2.20. The predicted molar refractivity (Wildman–Crippen MR) is 102 cm³/mol. The summed E-state index contributed by atoms with van der Waals surface area (Å²) in [6.45, 7) is 4.28. The minimum absolute atomic E-state index is 0.227. The lowest BCUT2D eigenvalue weighted by atomic mass is 10.0. The van der Waals surface area contributed by atoms with Crippen LogP contribution in [0.2, 0.25) is 5.02 Å². The van der Waals surface area contributed by atoms with E-state index >= 15 is 0 Å². The molecule has 0 fully saturated rings. The molecule has 0 heterocycles. The minimum atomic E-state index is -3.12. The van der Waals surface area contributed by atoms with Gasteiger partial charge in [0, 0.05) is 16.1 Å². The van der Waals surface area contributed by atoms with Gasteiger partial charge in [0.05, 0.1) is 25.1 Å². The highest BCUT2D eigenvalue weighted by atomic mass is 35.5. The molecule has 0 bridgehead atoms. The molecule has 7 heteroatoms. The Morgan fingerprint density at radius 2 is 1.48 bits per heavy atom. The van der Waals surface area contributed by atoms with Crippen molar-refractivity contribution in [3.8, 4) is 0 Å². The van der Waals surface area contributed by atoms with E-state index in [4.69, 9.17) is 26.5 Å². The number of hydrazone groups is 1. The van der Waals surface area contributed by atoms with E-state index < -0.39 is 7.60 Å². The van der Waals surface area contributed by atoms with Crippen molar-refractivity contribution in [1.82, 2.24) is 0 Å². The van der Waals surface area contributed by atoms with Crippen LogP contribution in [-0.4, -0.2) is 18.9 Å². The average Bonchev–Trinajstić information content (AvgIpc) is 2.59. The molecule has 2 aromatic rings. The summed E-state index contributed by atoms with van der Waals surface area (Å²) in [5.74, 6) is 5.56. The maximum atomic E-state index is 12.6. The summed E-state index contributed by atoms with van der Waals surface area (Å²) in [4.78, 5) is 0. The van der Waals surface area contributed by atoms with Gasteiger partial charge in [0.15, 0.2) is 0 Å². The molecular formula is C18H22ClN2O3P. The maximum Gasteiger partial charge on any atom is 0.335 e. The predicted octanol–water partition coefficient (Wildman–Crippen LogP) is 4.82. The summed E-state index contributed by atoms with van der Waals surface area (Å²) in [5, 5.41) is 4.54. The van der Waals surface area contributed by atoms with Gasteiger partial charge in [0.2, 0.25) is 0 Å². The van der Waals surface area contributed by atoms with Crippen LogP contribution in [0, 0.1) is 0 Å². The second kappa shape index (κ2) is 9.16. The van der Waals surface area contributed by atoms with E-state index in [2.05, 4.69) is 5.10 Å². The Kier molecular flexibility index (Phi) is 7.21. The number of rotatable bonds is 8. The number of nitrogens with two attached hydrogens (primary N) is 1. The van der Waals surface area contributed by atoms with Crippen molar-refractivity contribution in [3.63, 3.8) is 0 Å². The summed E-state index contributed by atoms with van der Waals surface area (Å²) in [6.07, 6.45) is 0.227. The van der Waals surface area contributed by atoms with Gasteiger partial charge in [-0.15, -0.1) is 0 Å². The highest BCUT2D eigenvalue weighted by Gasteiger charge is 2.24. The molecule has 0 saturated heterocycles. The van der Waals surface area contributed by atoms with E-state index in [0.29, 0.717) is 23.9 Å². The topological polar surface area (TPSA) is 73.9 Å². The van der Waals surface area contributed by atoms with Gasteiger partial charge < -0.3 is 14.9 Å². The molecule has 2 N–H and O–H groups in total. The Bertz CT molecular complexity index is 751. The summed E-state index contributed by atoms with van der Waals surface area (Å²) >= 11 is 5.92. The molecule has 0 saturated carbocycles. The van der Waals surface area contributed by atoms with Crippen molar-refractivity contribution in [3.05, 3.63) is 70.2 Å². The Morgan fingerprint density at radius 1 is 1.00 bits per heavy atom. The van der Waals surface area contributed by atoms with Crippen molar-refractivity contribution >= 4 is 24.9 Å². The standard InChI is InChI=1S/C18H22ClN2O3P/c1-3-23-25(22,24-4-2)13-14-5-7-15(8-6-14)18(21-20)16-9-11-17(19)12-10-16/h5-12H,3-4,13,20H2,1-2H3. The molecule has 0 unspecified atom stereocenters. The van der Waals surface area contributed by atoms with E-state index in [1.807, 2.05) is 36.4 Å². The zero-order chi connectivity index (χ0) is 18.3. The van der Waals surface area contributed by atoms with Crippen LogP contribution in [0.5, 0.6) is 0 Å². The van der Waals surface area contributed by atoms with Crippen molar-refractivity contribution in [2.75, 3.05) is 13.2 Å². The van der Waals surface area contributed by atoms with Gasteiger partial charge in [-0.05, 0) is 31.5 Å². The number of hydrogen-bond donors (Lipinski definition) is 1. The van der Waals surface area contributed by atoms with E-state index in [1.54, 1.807) is 26.0 Å². The zero-order valence-electron chi connectivity index (χ0n) is 14.3. The first kappa shape index (κ1) is 19.7. The van der Waals surface area contributed by atoms with Crippen molar-refractivity contribution in [1.29, 1.82) is 0 Å². The van der Waals surface area contributed by atoms with E-state index in [-0.39, 0.29) is 6.16 Å².